The molecule has 0 spiro atoms. The number of rotatable bonds is 7. The highest BCUT2D eigenvalue weighted by Crippen LogP contribution is 2.32. The van der Waals surface area contributed by atoms with Crippen molar-refractivity contribution < 1.29 is 4.79 Å². The lowest BCUT2D eigenvalue weighted by molar-refractivity contribution is 0.102. The third kappa shape index (κ3) is 4.71. The molecule has 4 aromatic rings. The fourth-order valence-electron chi connectivity index (χ4n) is 4.24. The average Bonchev–Trinajstić information content (AvgIpc) is 3.48. The van der Waals surface area contributed by atoms with E-state index < -0.39 is 0 Å². The summed E-state index contributed by atoms with van der Waals surface area (Å²) in [7, 11) is 0. The quantitative estimate of drug-likeness (QED) is 0.390. The summed E-state index contributed by atoms with van der Waals surface area (Å²) in [5.74, 6) is 1.95. The Balaban J connectivity index is 1.42. The maximum atomic E-state index is 13.2. The van der Waals surface area contributed by atoms with Crippen LogP contribution >= 0.6 is 11.9 Å². The zero-order valence-corrected chi connectivity index (χ0v) is 20.3. The maximum absolute atomic E-state index is 13.2. The van der Waals surface area contributed by atoms with Crippen LogP contribution in [0.1, 0.15) is 53.7 Å². The average molecular weight is 476 g/mol. The van der Waals surface area contributed by atoms with Crippen LogP contribution < -0.4 is 5.32 Å². The minimum atomic E-state index is -0.251. The van der Waals surface area contributed by atoms with Crippen molar-refractivity contribution in [2.45, 2.75) is 39.0 Å². The maximum Gasteiger partial charge on any atom is 0.262 e. The highest BCUT2D eigenvalue weighted by atomic mass is 32.2. The summed E-state index contributed by atoms with van der Waals surface area (Å²) in [6.45, 7) is 6.39. The molecule has 1 fully saturated rings. The van der Waals surface area contributed by atoms with Gasteiger partial charge in [-0.05, 0) is 44.4 Å². The van der Waals surface area contributed by atoms with Crippen LogP contribution in [0.15, 0.2) is 55.0 Å². The van der Waals surface area contributed by atoms with E-state index >= 15 is 0 Å². The third-order valence-corrected chi connectivity index (χ3v) is 7.44. The first kappa shape index (κ1) is 22.6. The van der Waals surface area contributed by atoms with Gasteiger partial charge in [-0.2, -0.15) is 10.2 Å². The van der Waals surface area contributed by atoms with Gasteiger partial charge in [-0.1, -0.05) is 36.6 Å². The summed E-state index contributed by atoms with van der Waals surface area (Å²) in [5.41, 5.74) is 4.07. The molecule has 5 rings (SSSR count). The molecule has 0 unspecified atom stereocenters. The van der Waals surface area contributed by atoms with Gasteiger partial charge in [-0.25, -0.2) is 14.2 Å². The van der Waals surface area contributed by atoms with Gasteiger partial charge in [0.15, 0.2) is 5.65 Å². The molecule has 0 aliphatic carbocycles. The number of aromatic nitrogens is 5. The zero-order chi connectivity index (χ0) is 23.5. The van der Waals surface area contributed by atoms with Crippen molar-refractivity contribution in [1.29, 1.82) is 0 Å². The third-order valence-electron chi connectivity index (χ3n) is 6.12. The Morgan fingerprint density at radius 1 is 1.21 bits per heavy atom. The molecule has 34 heavy (non-hydrogen) atoms. The van der Waals surface area contributed by atoms with Gasteiger partial charge in [-0.3, -0.25) is 9.10 Å². The number of hydrogen-bond donors (Lipinski definition) is 1. The Kier molecular flexibility index (Phi) is 6.64. The lowest BCUT2D eigenvalue weighted by atomic mass is 9.95. The van der Waals surface area contributed by atoms with E-state index in [1.54, 1.807) is 29.2 Å². The first-order valence-corrected chi connectivity index (χ1v) is 12.7. The zero-order valence-electron chi connectivity index (χ0n) is 19.5. The fourth-order valence-corrected chi connectivity index (χ4v) is 5.15. The standard InChI is InChI=1S/C25H29N7OS/c1-3-15-34-30-13-9-19(10-14-30)22-16-23(32(29-22)20-7-5-18(2)6-8-20)28-25(33)21-17-27-31-12-4-11-26-24(21)31/h4-8,11-12,16-17,19H,3,9-10,13-15H2,1-2H3,(H,28,33). The highest BCUT2D eigenvalue weighted by molar-refractivity contribution is 7.97. The molecule has 0 radical (unpaired) electrons. The number of amides is 1. The highest BCUT2D eigenvalue weighted by Gasteiger charge is 2.25. The molecule has 3 aromatic heterocycles. The lowest BCUT2D eigenvalue weighted by Crippen LogP contribution is -2.28. The second-order valence-electron chi connectivity index (χ2n) is 8.64. The van der Waals surface area contributed by atoms with E-state index in [1.807, 2.05) is 34.8 Å². The minimum absolute atomic E-state index is 0.251. The summed E-state index contributed by atoms with van der Waals surface area (Å²) in [6.07, 6.45) is 8.30. The van der Waals surface area contributed by atoms with Gasteiger partial charge >= 0.3 is 0 Å². The monoisotopic (exact) mass is 475 g/mol. The SMILES string of the molecule is CCCSN1CCC(c2cc(NC(=O)c3cnn4cccnc34)n(-c3ccc(C)cc3)n2)CC1. The number of aryl methyl sites for hydroxylation is 1. The van der Waals surface area contributed by atoms with Gasteiger partial charge in [0.2, 0.25) is 0 Å². The van der Waals surface area contributed by atoms with E-state index in [1.165, 1.54) is 17.7 Å². The first-order chi connectivity index (χ1) is 16.6. The van der Waals surface area contributed by atoms with Crippen molar-refractivity contribution in [3.63, 3.8) is 0 Å². The number of hydrogen-bond acceptors (Lipinski definition) is 6. The van der Waals surface area contributed by atoms with Crippen LogP contribution in [0, 0.1) is 6.92 Å². The van der Waals surface area contributed by atoms with E-state index in [9.17, 15) is 4.79 Å². The van der Waals surface area contributed by atoms with E-state index in [4.69, 9.17) is 5.10 Å². The van der Waals surface area contributed by atoms with Crippen LogP contribution in [-0.2, 0) is 0 Å². The lowest BCUT2D eigenvalue weighted by Gasteiger charge is -2.30. The Hall–Kier alpha value is -3.17. The van der Waals surface area contributed by atoms with Crippen LogP contribution in [0.2, 0.25) is 0 Å². The van der Waals surface area contributed by atoms with Crippen molar-refractivity contribution in [3.8, 4) is 5.69 Å². The largest absolute Gasteiger partial charge is 0.306 e. The van der Waals surface area contributed by atoms with Crippen LogP contribution in [0.25, 0.3) is 11.3 Å². The van der Waals surface area contributed by atoms with Gasteiger partial charge in [0, 0.05) is 43.2 Å². The minimum Gasteiger partial charge on any atom is -0.306 e. The summed E-state index contributed by atoms with van der Waals surface area (Å²) in [6, 6.07) is 12.0. The number of carbonyl (C=O) groups is 1. The predicted molar refractivity (Wildman–Crippen MR) is 136 cm³/mol. The summed E-state index contributed by atoms with van der Waals surface area (Å²) in [5, 5.41) is 12.3. The Bertz CT molecular complexity index is 1270. The van der Waals surface area contributed by atoms with Gasteiger partial charge in [0.1, 0.15) is 11.4 Å². The number of anilines is 1. The molecule has 0 saturated carbocycles. The van der Waals surface area contributed by atoms with Crippen LogP contribution in [0.3, 0.4) is 0 Å². The van der Waals surface area contributed by atoms with Gasteiger partial charge in [0.05, 0.1) is 17.6 Å². The summed E-state index contributed by atoms with van der Waals surface area (Å²) < 4.78 is 5.91. The smallest absolute Gasteiger partial charge is 0.262 e. The number of benzene rings is 1. The topological polar surface area (TPSA) is 80.4 Å². The molecule has 0 bridgehead atoms. The number of nitrogens with zero attached hydrogens (tertiary/aromatic N) is 6. The normalized spacial score (nSPS) is 15.1. The van der Waals surface area contributed by atoms with Crippen molar-refractivity contribution in [2.75, 3.05) is 24.2 Å². The number of nitrogens with one attached hydrogen (secondary N) is 1. The number of fused-ring (bicyclic) bond motifs is 1. The predicted octanol–water partition coefficient (Wildman–Crippen LogP) is 4.71. The molecular weight excluding hydrogens is 446 g/mol. The van der Waals surface area contributed by atoms with Crippen molar-refractivity contribution in [3.05, 3.63) is 71.8 Å². The van der Waals surface area contributed by atoms with Gasteiger partial charge in [-0.15, -0.1) is 0 Å². The second kappa shape index (κ2) is 9.99. The number of carbonyl (C=O) groups excluding carboxylic acids is 1. The van der Waals surface area contributed by atoms with Gasteiger partial charge in [0.25, 0.3) is 5.91 Å². The summed E-state index contributed by atoms with van der Waals surface area (Å²) in [4.78, 5) is 17.5. The molecule has 4 heterocycles. The van der Waals surface area contributed by atoms with E-state index in [2.05, 4.69) is 45.7 Å². The second-order valence-corrected chi connectivity index (χ2v) is 9.82. The summed E-state index contributed by atoms with van der Waals surface area (Å²) >= 11 is 1.95. The van der Waals surface area contributed by atoms with Crippen molar-refractivity contribution >= 4 is 29.3 Å². The molecule has 1 aliphatic heterocycles. The fraction of sp³-hybridized carbons (Fsp3) is 0.360. The van der Waals surface area contributed by atoms with Crippen LogP contribution in [0.4, 0.5) is 5.82 Å². The molecule has 176 valence electrons. The number of piperidine rings is 1. The van der Waals surface area contributed by atoms with Gasteiger partial charge < -0.3 is 5.32 Å². The first-order valence-electron chi connectivity index (χ1n) is 11.8. The molecule has 1 aromatic carbocycles. The molecule has 9 heteroatoms. The van der Waals surface area contributed by atoms with Crippen LogP contribution in [0.5, 0.6) is 0 Å². The molecule has 1 aliphatic rings. The van der Waals surface area contributed by atoms with E-state index in [-0.39, 0.29) is 5.91 Å². The van der Waals surface area contributed by atoms with Crippen molar-refractivity contribution in [2.24, 2.45) is 0 Å². The molecular formula is C25H29N7OS. The Morgan fingerprint density at radius 2 is 2.00 bits per heavy atom. The molecule has 0 atom stereocenters. The molecule has 1 saturated heterocycles. The van der Waals surface area contributed by atoms with Crippen LogP contribution in [-0.4, -0.2) is 53.4 Å². The molecule has 8 nitrogen and oxygen atoms in total. The van der Waals surface area contributed by atoms with E-state index in [0.717, 1.165) is 37.3 Å². The Morgan fingerprint density at radius 3 is 2.76 bits per heavy atom. The molecule has 1 amide bonds. The van der Waals surface area contributed by atoms with E-state index in [0.29, 0.717) is 22.9 Å². The Labute approximate surface area is 203 Å². The van der Waals surface area contributed by atoms with Crippen molar-refractivity contribution in [1.82, 2.24) is 28.7 Å². The molecule has 1 N–H and O–H groups in total.